The second-order valence-electron chi connectivity index (χ2n) is 10.2. The molecule has 0 spiro atoms. The molecule has 1 aliphatic heterocycles. The molecule has 0 fully saturated rings. The van der Waals surface area contributed by atoms with Gasteiger partial charge in [-0.1, -0.05) is 115 Å². The number of rotatable bonds is 4. The van der Waals surface area contributed by atoms with Crippen molar-refractivity contribution >= 4 is 62.0 Å². The Bertz CT molecular complexity index is 1920. The molecule has 0 radical (unpaired) electrons. The van der Waals surface area contributed by atoms with Crippen molar-refractivity contribution in [2.75, 3.05) is 4.90 Å². The van der Waals surface area contributed by atoms with Crippen molar-refractivity contribution in [3.05, 3.63) is 152 Å². The Balaban J connectivity index is 1.43. The van der Waals surface area contributed by atoms with E-state index >= 15 is 0 Å². The molecule has 1 aromatic heterocycles. The van der Waals surface area contributed by atoms with E-state index in [1.165, 1.54) is 43.9 Å². The highest BCUT2D eigenvalue weighted by molar-refractivity contribution is 6.98. The zero-order valence-electron chi connectivity index (χ0n) is 21.4. The van der Waals surface area contributed by atoms with E-state index < -0.39 is 0 Å². The van der Waals surface area contributed by atoms with Gasteiger partial charge in [0.05, 0.1) is 5.52 Å². The molecule has 0 bridgehead atoms. The molecule has 0 aliphatic carbocycles. The molecule has 3 heteroatoms. The predicted octanol–water partition coefficient (Wildman–Crippen LogP) is 7.08. The maximum absolute atomic E-state index is 2.49. The van der Waals surface area contributed by atoms with E-state index in [-0.39, 0.29) is 6.71 Å². The minimum atomic E-state index is 0.201. The van der Waals surface area contributed by atoms with Crippen molar-refractivity contribution in [1.29, 1.82) is 0 Å². The van der Waals surface area contributed by atoms with Crippen LogP contribution in [0.5, 0.6) is 0 Å². The second-order valence-corrected chi connectivity index (χ2v) is 10.2. The van der Waals surface area contributed by atoms with E-state index in [2.05, 4.69) is 161 Å². The average Bonchev–Trinajstić information content (AvgIpc) is 3.34. The largest absolute Gasteiger partial charge is 0.310 e. The Kier molecular flexibility index (Phi) is 4.96. The summed E-state index contributed by atoms with van der Waals surface area (Å²) in [6.07, 6.45) is 0. The van der Waals surface area contributed by atoms with Crippen molar-refractivity contribution in [1.82, 2.24) is 4.57 Å². The molecule has 0 N–H and O–H groups in total. The van der Waals surface area contributed by atoms with Gasteiger partial charge in [-0.05, 0) is 53.4 Å². The Morgan fingerprint density at radius 3 is 1.79 bits per heavy atom. The number of benzene rings is 6. The molecule has 7 aromatic rings. The molecule has 0 saturated carbocycles. The molecule has 1 aliphatic rings. The molecule has 182 valence electrons. The van der Waals surface area contributed by atoms with E-state index in [1.54, 1.807) is 0 Å². The first-order valence-corrected chi connectivity index (χ1v) is 13.5. The molecule has 0 unspecified atom stereocenters. The Morgan fingerprint density at radius 1 is 0.462 bits per heavy atom. The van der Waals surface area contributed by atoms with Gasteiger partial charge in [0.25, 0.3) is 0 Å². The van der Waals surface area contributed by atoms with Crippen LogP contribution in [-0.4, -0.2) is 11.3 Å². The summed E-state index contributed by atoms with van der Waals surface area (Å²) in [6, 6.07) is 54.8. The summed E-state index contributed by atoms with van der Waals surface area (Å²) >= 11 is 0. The number of fused-ring (bicyclic) bond motifs is 5. The third-order valence-corrected chi connectivity index (χ3v) is 8.02. The van der Waals surface area contributed by atoms with Crippen LogP contribution in [0.1, 0.15) is 0 Å². The first-order chi connectivity index (χ1) is 19.4. The lowest BCUT2D eigenvalue weighted by atomic mass is 9.35. The third kappa shape index (κ3) is 3.37. The molecule has 39 heavy (non-hydrogen) atoms. The van der Waals surface area contributed by atoms with Crippen molar-refractivity contribution < 1.29 is 0 Å². The van der Waals surface area contributed by atoms with Crippen LogP contribution >= 0.6 is 0 Å². The monoisotopic (exact) mass is 496 g/mol. The SMILES string of the molecule is c1ccc(B2c3ccccc3-n3c4cc(N(c5ccccc5)c5ccccc5)ccc4c4cccc2c43)cc1. The van der Waals surface area contributed by atoms with Crippen LogP contribution in [0.3, 0.4) is 0 Å². The molecular formula is C36H25BN2. The van der Waals surface area contributed by atoms with Gasteiger partial charge in [-0.25, -0.2) is 0 Å². The van der Waals surface area contributed by atoms with Crippen LogP contribution in [0.15, 0.2) is 152 Å². The highest BCUT2D eigenvalue weighted by Gasteiger charge is 2.33. The maximum Gasteiger partial charge on any atom is 0.246 e. The van der Waals surface area contributed by atoms with Crippen LogP contribution < -0.4 is 21.3 Å². The number of para-hydroxylation sites is 4. The lowest BCUT2D eigenvalue weighted by Crippen LogP contribution is -2.55. The third-order valence-electron chi connectivity index (χ3n) is 8.02. The van der Waals surface area contributed by atoms with Crippen LogP contribution in [0.2, 0.25) is 0 Å². The van der Waals surface area contributed by atoms with E-state index in [4.69, 9.17) is 0 Å². The zero-order chi connectivity index (χ0) is 25.8. The fourth-order valence-corrected chi connectivity index (χ4v) is 6.41. The number of hydrogen-bond acceptors (Lipinski definition) is 1. The first-order valence-electron chi connectivity index (χ1n) is 13.5. The highest BCUT2D eigenvalue weighted by atomic mass is 15.1. The molecule has 6 aromatic carbocycles. The minimum Gasteiger partial charge on any atom is -0.310 e. The Morgan fingerprint density at radius 2 is 1.08 bits per heavy atom. The van der Waals surface area contributed by atoms with Crippen molar-refractivity contribution in [2.45, 2.75) is 0 Å². The summed E-state index contributed by atoms with van der Waals surface area (Å²) < 4.78 is 2.49. The fraction of sp³-hybridized carbons (Fsp3) is 0. The van der Waals surface area contributed by atoms with Gasteiger partial charge in [-0.2, -0.15) is 0 Å². The van der Waals surface area contributed by atoms with Crippen LogP contribution in [0.25, 0.3) is 27.5 Å². The predicted molar refractivity (Wildman–Crippen MR) is 167 cm³/mol. The molecule has 0 amide bonds. The summed E-state index contributed by atoms with van der Waals surface area (Å²) in [6.45, 7) is 0.201. The lowest BCUT2D eigenvalue weighted by molar-refractivity contribution is 1.18. The van der Waals surface area contributed by atoms with E-state index in [9.17, 15) is 0 Å². The quantitative estimate of drug-likeness (QED) is 0.236. The number of anilines is 3. The smallest absolute Gasteiger partial charge is 0.246 e. The van der Waals surface area contributed by atoms with E-state index in [0.717, 1.165) is 17.1 Å². The molecule has 0 saturated heterocycles. The summed E-state index contributed by atoms with van der Waals surface area (Å²) in [7, 11) is 0. The van der Waals surface area contributed by atoms with Gasteiger partial charge in [0.2, 0.25) is 6.71 Å². The summed E-state index contributed by atoms with van der Waals surface area (Å²) in [5.74, 6) is 0. The number of nitrogens with zero attached hydrogens (tertiary/aromatic N) is 2. The first kappa shape index (κ1) is 22.0. The molecule has 2 heterocycles. The fourth-order valence-electron chi connectivity index (χ4n) is 6.41. The molecular weight excluding hydrogens is 471 g/mol. The standard InChI is InChI=1S/C36H25BN2/c1-4-13-26(14-5-1)37-32-20-10-11-22-34(32)39-35-25-29(23-24-30(35)31-19-12-21-33(37)36(31)39)38(27-15-6-2-7-16-27)28-17-8-3-9-18-28/h1-25H. The highest BCUT2D eigenvalue weighted by Crippen LogP contribution is 2.39. The van der Waals surface area contributed by atoms with Crippen LogP contribution in [0, 0.1) is 0 Å². The Hall–Kier alpha value is -5.02. The van der Waals surface area contributed by atoms with Gasteiger partial charge in [0.15, 0.2) is 0 Å². The second kappa shape index (κ2) is 8.78. The average molecular weight is 496 g/mol. The topological polar surface area (TPSA) is 8.17 Å². The number of hydrogen-bond donors (Lipinski definition) is 0. The van der Waals surface area contributed by atoms with Gasteiger partial charge in [-0.15, -0.1) is 0 Å². The van der Waals surface area contributed by atoms with Crippen molar-refractivity contribution in [2.24, 2.45) is 0 Å². The molecule has 0 atom stereocenters. The van der Waals surface area contributed by atoms with Gasteiger partial charge in [0.1, 0.15) is 0 Å². The molecule has 8 rings (SSSR count). The van der Waals surface area contributed by atoms with Crippen molar-refractivity contribution in [3.8, 4) is 5.69 Å². The lowest BCUT2D eigenvalue weighted by Gasteiger charge is -2.27. The van der Waals surface area contributed by atoms with Crippen LogP contribution in [0.4, 0.5) is 17.1 Å². The number of aromatic nitrogens is 1. The van der Waals surface area contributed by atoms with Gasteiger partial charge >= 0.3 is 0 Å². The van der Waals surface area contributed by atoms with Crippen LogP contribution in [-0.2, 0) is 0 Å². The van der Waals surface area contributed by atoms with E-state index in [0.29, 0.717) is 0 Å². The van der Waals surface area contributed by atoms with Gasteiger partial charge < -0.3 is 9.47 Å². The summed E-state index contributed by atoms with van der Waals surface area (Å²) in [4.78, 5) is 2.34. The summed E-state index contributed by atoms with van der Waals surface area (Å²) in [5.41, 5.74) is 11.2. The summed E-state index contributed by atoms with van der Waals surface area (Å²) in [5, 5.41) is 2.58. The minimum absolute atomic E-state index is 0.201. The van der Waals surface area contributed by atoms with Crippen molar-refractivity contribution in [3.63, 3.8) is 0 Å². The zero-order valence-corrected chi connectivity index (χ0v) is 21.4. The van der Waals surface area contributed by atoms with Gasteiger partial charge in [-0.3, -0.25) is 0 Å². The normalized spacial score (nSPS) is 12.1. The van der Waals surface area contributed by atoms with E-state index in [1.807, 2.05) is 0 Å². The maximum atomic E-state index is 2.49. The molecule has 2 nitrogen and oxygen atoms in total. The Labute approximate surface area is 228 Å². The van der Waals surface area contributed by atoms with Gasteiger partial charge in [0, 0.05) is 39.0 Å².